The first-order chi connectivity index (χ1) is 14.4. The number of nitrogens with one attached hydrogen (secondary N) is 2. The molecule has 2 aromatic rings. The quantitative estimate of drug-likeness (QED) is 0.407. The van der Waals surface area contributed by atoms with E-state index in [0.717, 1.165) is 43.8 Å². The molecular weight excluding hydrogens is 397 g/mol. The number of aromatic nitrogens is 3. The van der Waals surface area contributed by atoms with E-state index in [-0.39, 0.29) is 12.2 Å². The molecular formula is C20H27F3N6O. The molecule has 0 saturated heterocycles. The van der Waals surface area contributed by atoms with E-state index in [1.165, 1.54) is 16.8 Å². The molecule has 164 valence electrons. The van der Waals surface area contributed by atoms with E-state index in [9.17, 15) is 18.0 Å². The topological polar surface area (TPSA) is 76.2 Å². The molecule has 1 aromatic carbocycles. The van der Waals surface area contributed by atoms with Crippen LogP contribution in [0.4, 0.5) is 13.2 Å². The summed E-state index contributed by atoms with van der Waals surface area (Å²) in [6.45, 7) is 4.71. The summed E-state index contributed by atoms with van der Waals surface area (Å²) in [5.74, 6) is 1.44. The fourth-order valence-corrected chi connectivity index (χ4v) is 3.34. The number of nitrogens with zero attached hydrogens (tertiary/aromatic N) is 4. The summed E-state index contributed by atoms with van der Waals surface area (Å²) in [6.07, 6.45) is -0.710. The third-order valence-electron chi connectivity index (χ3n) is 4.92. The molecule has 3 rings (SSSR count). The SMILES string of the molecule is CCNC(=NCc1ccc(C(F)(F)F)cc1)NCCCn1nc2n(c1=O)CCCC2. The van der Waals surface area contributed by atoms with E-state index in [2.05, 4.69) is 20.7 Å². The van der Waals surface area contributed by atoms with Crippen LogP contribution < -0.4 is 16.3 Å². The maximum atomic E-state index is 12.6. The zero-order chi connectivity index (χ0) is 21.6. The molecule has 0 fully saturated rings. The van der Waals surface area contributed by atoms with E-state index in [4.69, 9.17) is 0 Å². The Labute approximate surface area is 173 Å². The van der Waals surface area contributed by atoms with Gasteiger partial charge in [0.1, 0.15) is 5.82 Å². The van der Waals surface area contributed by atoms with Crippen LogP contribution in [0.3, 0.4) is 0 Å². The fourth-order valence-electron chi connectivity index (χ4n) is 3.34. The lowest BCUT2D eigenvalue weighted by Gasteiger charge is -2.11. The summed E-state index contributed by atoms with van der Waals surface area (Å²) in [5.41, 5.74) is -0.0283. The largest absolute Gasteiger partial charge is 0.416 e. The van der Waals surface area contributed by atoms with Crippen LogP contribution in [0.1, 0.15) is 43.1 Å². The molecule has 0 bridgehead atoms. The third kappa shape index (κ3) is 5.64. The highest BCUT2D eigenvalue weighted by Crippen LogP contribution is 2.29. The van der Waals surface area contributed by atoms with Crippen LogP contribution in [0.15, 0.2) is 34.1 Å². The highest BCUT2D eigenvalue weighted by molar-refractivity contribution is 5.79. The van der Waals surface area contributed by atoms with Crippen molar-refractivity contribution >= 4 is 5.96 Å². The molecule has 0 aliphatic carbocycles. The van der Waals surface area contributed by atoms with E-state index in [1.54, 1.807) is 4.57 Å². The average Bonchev–Trinajstić information content (AvgIpc) is 3.05. The zero-order valence-electron chi connectivity index (χ0n) is 17.0. The molecule has 10 heteroatoms. The maximum Gasteiger partial charge on any atom is 0.416 e. The van der Waals surface area contributed by atoms with Crippen molar-refractivity contribution in [1.82, 2.24) is 25.0 Å². The molecule has 1 aliphatic heterocycles. The second-order valence-electron chi connectivity index (χ2n) is 7.20. The van der Waals surface area contributed by atoms with Crippen LogP contribution in [0.5, 0.6) is 0 Å². The zero-order valence-corrected chi connectivity index (χ0v) is 17.0. The van der Waals surface area contributed by atoms with E-state index < -0.39 is 11.7 Å². The predicted molar refractivity (Wildman–Crippen MR) is 108 cm³/mol. The molecule has 30 heavy (non-hydrogen) atoms. The molecule has 0 spiro atoms. The van der Waals surface area contributed by atoms with Gasteiger partial charge >= 0.3 is 11.9 Å². The second-order valence-corrected chi connectivity index (χ2v) is 7.20. The highest BCUT2D eigenvalue weighted by atomic mass is 19.4. The van der Waals surface area contributed by atoms with Crippen LogP contribution in [0.25, 0.3) is 0 Å². The van der Waals surface area contributed by atoms with Crippen molar-refractivity contribution in [2.75, 3.05) is 13.1 Å². The maximum absolute atomic E-state index is 12.6. The number of guanidine groups is 1. The molecule has 7 nitrogen and oxygen atoms in total. The van der Waals surface area contributed by atoms with Gasteiger partial charge in [-0.1, -0.05) is 12.1 Å². The number of hydrogen-bond donors (Lipinski definition) is 2. The monoisotopic (exact) mass is 424 g/mol. The van der Waals surface area contributed by atoms with Gasteiger partial charge in [0.25, 0.3) is 0 Å². The first-order valence-corrected chi connectivity index (χ1v) is 10.2. The van der Waals surface area contributed by atoms with Crippen molar-refractivity contribution < 1.29 is 13.2 Å². The number of alkyl halides is 3. The first-order valence-electron chi connectivity index (χ1n) is 10.2. The molecule has 0 atom stereocenters. The van der Waals surface area contributed by atoms with Crippen LogP contribution in [0.2, 0.25) is 0 Å². The van der Waals surface area contributed by atoms with Gasteiger partial charge < -0.3 is 10.6 Å². The number of aliphatic imine (C=N–C) groups is 1. The lowest BCUT2D eigenvalue weighted by Crippen LogP contribution is -2.38. The Morgan fingerprint density at radius 2 is 1.97 bits per heavy atom. The lowest BCUT2D eigenvalue weighted by atomic mass is 10.1. The normalized spacial score (nSPS) is 14.5. The van der Waals surface area contributed by atoms with Gasteiger partial charge in [-0.25, -0.2) is 14.5 Å². The Morgan fingerprint density at radius 3 is 2.63 bits per heavy atom. The molecule has 0 unspecified atom stereocenters. The molecule has 2 heterocycles. The highest BCUT2D eigenvalue weighted by Gasteiger charge is 2.29. The Bertz CT molecular complexity index is 914. The second kappa shape index (κ2) is 9.82. The molecule has 0 amide bonds. The van der Waals surface area contributed by atoms with Crippen molar-refractivity contribution in [1.29, 1.82) is 0 Å². The summed E-state index contributed by atoms with van der Waals surface area (Å²) in [5, 5.41) is 10.7. The minimum absolute atomic E-state index is 0.0485. The Hall–Kier alpha value is -2.78. The number of hydrogen-bond acceptors (Lipinski definition) is 3. The third-order valence-corrected chi connectivity index (χ3v) is 4.92. The summed E-state index contributed by atoms with van der Waals surface area (Å²) >= 11 is 0. The van der Waals surface area contributed by atoms with Crippen LogP contribution in [-0.2, 0) is 32.2 Å². The van der Waals surface area contributed by atoms with Crippen molar-refractivity contribution in [3.8, 4) is 0 Å². The van der Waals surface area contributed by atoms with Gasteiger partial charge in [-0.15, -0.1) is 0 Å². The Balaban J connectivity index is 1.50. The van der Waals surface area contributed by atoms with E-state index in [1.807, 2.05) is 6.92 Å². The molecule has 2 N–H and O–H groups in total. The molecule has 0 saturated carbocycles. The van der Waals surface area contributed by atoms with Gasteiger partial charge in [0.2, 0.25) is 0 Å². The summed E-state index contributed by atoms with van der Waals surface area (Å²) < 4.78 is 41.2. The Morgan fingerprint density at radius 1 is 1.20 bits per heavy atom. The summed E-state index contributed by atoms with van der Waals surface area (Å²) in [4.78, 5) is 16.7. The van der Waals surface area contributed by atoms with Crippen molar-refractivity contribution in [2.45, 2.75) is 58.4 Å². The lowest BCUT2D eigenvalue weighted by molar-refractivity contribution is -0.137. The van der Waals surface area contributed by atoms with E-state index in [0.29, 0.717) is 37.6 Å². The molecule has 0 radical (unpaired) electrons. The van der Waals surface area contributed by atoms with Gasteiger partial charge in [0.15, 0.2) is 5.96 Å². The standard InChI is InChI=1S/C20H27F3N6O/c1-2-24-18(26-14-15-7-9-16(10-8-15)20(21,22)23)25-11-5-13-29-19(30)28-12-4-3-6-17(28)27-29/h7-10H,2-6,11-14H2,1H3,(H2,24,25,26). The smallest absolute Gasteiger partial charge is 0.357 e. The summed E-state index contributed by atoms with van der Waals surface area (Å²) in [6, 6.07) is 4.99. The van der Waals surface area contributed by atoms with Crippen molar-refractivity contribution in [3.05, 3.63) is 51.7 Å². The fraction of sp³-hybridized carbons (Fsp3) is 0.550. The Kier molecular flexibility index (Phi) is 7.17. The minimum Gasteiger partial charge on any atom is -0.357 e. The van der Waals surface area contributed by atoms with Gasteiger partial charge in [-0.2, -0.15) is 18.3 Å². The summed E-state index contributed by atoms with van der Waals surface area (Å²) in [7, 11) is 0. The van der Waals surface area contributed by atoms with Gasteiger partial charge in [0, 0.05) is 32.6 Å². The molecule has 1 aliphatic rings. The van der Waals surface area contributed by atoms with Gasteiger partial charge in [-0.3, -0.25) is 4.57 Å². The van der Waals surface area contributed by atoms with Crippen molar-refractivity contribution in [3.63, 3.8) is 0 Å². The van der Waals surface area contributed by atoms with E-state index >= 15 is 0 Å². The number of rotatable bonds is 7. The first kappa shape index (κ1) is 21.9. The minimum atomic E-state index is -4.34. The van der Waals surface area contributed by atoms with Crippen LogP contribution in [0, 0.1) is 0 Å². The van der Waals surface area contributed by atoms with Gasteiger partial charge in [-0.05, 0) is 43.9 Å². The predicted octanol–water partition coefficient (Wildman–Crippen LogP) is 2.55. The van der Waals surface area contributed by atoms with Gasteiger partial charge in [0.05, 0.1) is 12.1 Å². The number of halogens is 3. The number of benzene rings is 1. The van der Waals surface area contributed by atoms with Crippen LogP contribution >= 0.6 is 0 Å². The van der Waals surface area contributed by atoms with Crippen LogP contribution in [-0.4, -0.2) is 33.4 Å². The van der Waals surface area contributed by atoms with Crippen molar-refractivity contribution in [2.24, 2.45) is 4.99 Å². The number of aryl methyl sites for hydroxylation is 2. The average molecular weight is 424 g/mol. The number of fused-ring (bicyclic) bond motifs is 1. The molecule has 1 aromatic heterocycles.